The lowest BCUT2D eigenvalue weighted by Gasteiger charge is -2.25. The predicted molar refractivity (Wildman–Crippen MR) is 114 cm³/mol. The molecule has 6 heteroatoms. The average molecular weight is 401 g/mol. The summed E-state index contributed by atoms with van der Waals surface area (Å²) in [5.74, 6) is -1.02. The number of amides is 2. The van der Waals surface area contributed by atoms with Crippen LogP contribution >= 0.6 is 0 Å². The summed E-state index contributed by atoms with van der Waals surface area (Å²) < 4.78 is 13.3. The van der Waals surface area contributed by atoms with E-state index in [-0.39, 0.29) is 36.6 Å². The van der Waals surface area contributed by atoms with E-state index >= 15 is 0 Å². The third-order valence-corrected chi connectivity index (χ3v) is 4.93. The number of hydrogen-bond acceptors (Lipinski definition) is 3. The molecule has 2 aromatic rings. The molecule has 4 rings (SSSR count). The molecule has 30 heavy (non-hydrogen) atoms. The van der Waals surface area contributed by atoms with Gasteiger partial charge in [0.25, 0.3) is 11.8 Å². The molecule has 0 radical (unpaired) electrons. The second-order valence-corrected chi connectivity index (χ2v) is 7.28. The Morgan fingerprint density at radius 1 is 1.07 bits per heavy atom. The fourth-order valence-corrected chi connectivity index (χ4v) is 3.43. The van der Waals surface area contributed by atoms with Crippen LogP contribution in [0.15, 0.2) is 82.8 Å². The molecule has 1 unspecified atom stereocenters. The highest BCUT2D eigenvalue weighted by Gasteiger charge is 2.28. The van der Waals surface area contributed by atoms with Crippen LogP contribution < -0.4 is 0 Å². The molecule has 0 fully saturated rings. The first-order valence-electron chi connectivity index (χ1n) is 9.65. The topological polar surface area (TPSA) is 62.1 Å². The van der Waals surface area contributed by atoms with Crippen LogP contribution in [0.1, 0.15) is 21.5 Å². The Labute approximate surface area is 174 Å². The summed E-state index contributed by atoms with van der Waals surface area (Å²) in [7, 11) is 0. The number of aryl methyl sites for hydroxylation is 1. The fourth-order valence-electron chi connectivity index (χ4n) is 3.43. The zero-order valence-corrected chi connectivity index (χ0v) is 16.5. The third-order valence-electron chi connectivity index (χ3n) is 4.93. The van der Waals surface area contributed by atoms with E-state index < -0.39 is 5.92 Å². The Morgan fingerprint density at radius 3 is 2.63 bits per heavy atom. The maximum absolute atomic E-state index is 13.3. The first kappa shape index (κ1) is 19.6. The van der Waals surface area contributed by atoms with Crippen molar-refractivity contribution < 1.29 is 14.0 Å². The van der Waals surface area contributed by atoms with Crippen molar-refractivity contribution in [1.29, 1.82) is 0 Å². The van der Waals surface area contributed by atoms with Gasteiger partial charge in [0, 0.05) is 12.1 Å². The zero-order chi connectivity index (χ0) is 21.1. The van der Waals surface area contributed by atoms with Gasteiger partial charge in [-0.25, -0.2) is 9.38 Å². The molecule has 1 atom stereocenters. The van der Waals surface area contributed by atoms with Gasteiger partial charge < -0.3 is 4.90 Å². The SMILES string of the molecule is Cc1cccc(C(=O)N(CC2=NC(=O)C3C=CC=CC3=N2)Cc2ccc(F)cc2)c1. The van der Waals surface area contributed by atoms with E-state index in [1.807, 2.05) is 31.2 Å². The monoisotopic (exact) mass is 401 g/mol. The van der Waals surface area contributed by atoms with Gasteiger partial charge >= 0.3 is 0 Å². The Kier molecular flexibility index (Phi) is 5.48. The highest BCUT2D eigenvalue weighted by Crippen LogP contribution is 2.18. The maximum atomic E-state index is 13.3. The van der Waals surface area contributed by atoms with E-state index in [0.29, 0.717) is 11.3 Å². The van der Waals surface area contributed by atoms with E-state index in [0.717, 1.165) is 11.1 Å². The summed E-state index contributed by atoms with van der Waals surface area (Å²) in [5.41, 5.74) is 2.89. The maximum Gasteiger partial charge on any atom is 0.260 e. The lowest BCUT2D eigenvalue weighted by molar-refractivity contribution is -0.118. The lowest BCUT2D eigenvalue weighted by Crippen LogP contribution is -2.37. The van der Waals surface area contributed by atoms with Gasteiger partial charge in [0.1, 0.15) is 11.7 Å². The number of allylic oxidation sites excluding steroid dienone is 3. The van der Waals surface area contributed by atoms with E-state index in [2.05, 4.69) is 9.98 Å². The van der Waals surface area contributed by atoms with Gasteiger partial charge in [-0.05, 0) is 42.8 Å². The molecular weight excluding hydrogens is 381 g/mol. The van der Waals surface area contributed by atoms with Gasteiger partial charge in [-0.15, -0.1) is 0 Å². The molecule has 2 aromatic carbocycles. The van der Waals surface area contributed by atoms with Crippen LogP contribution in [0, 0.1) is 18.7 Å². The second kappa shape index (κ2) is 8.37. The molecule has 0 N–H and O–H groups in total. The molecule has 0 aromatic heterocycles. The number of carbonyl (C=O) groups is 2. The summed E-state index contributed by atoms with van der Waals surface area (Å²) in [5, 5.41) is 0. The smallest absolute Gasteiger partial charge is 0.260 e. The van der Waals surface area contributed by atoms with Crippen LogP contribution in [0.4, 0.5) is 4.39 Å². The van der Waals surface area contributed by atoms with Crippen LogP contribution in [0.25, 0.3) is 0 Å². The second-order valence-electron chi connectivity index (χ2n) is 7.28. The minimum Gasteiger partial charge on any atom is -0.327 e. The third kappa shape index (κ3) is 4.33. The van der Waals surface area contributed by atoms with Gasteiger partial charge in [0.15, 0.2) is 5.84 Å². The predicted octanol–water partition coefficient (Wildman–Crippen LogP) is 3.90. The van der Waals surface area contributed by atoms with Crippen molar-refractivity contribution in [2.75, 3.05) is 6.54 Å². The summed E-state index contributed by atoms with van der Waals surface area (Å²) >= 11 is 0. The molecule has 0 saturated carbocycles. The van der Waals surface area contributed by atoms with Crippen molar-refractivity contribution >= 4 is 23.4 Å². The van der Waals surface area contributed by atoms with Crippen molar-refractivity contribution in [1.82, 2.24) is 4.90 Å². The van der Waals surface area contributed by atoms with Crippen molar-refractivity contribution in [3.63, 3.8) is 0 Å². The fraction of sp³-hybridized carbons (Fsp3) is 0.167. The number of hydrogen-bond donors (Lipinski definition) is 0. The molecule has 1 heterocycles. The summed E-state index contributed by atoms with van der Waals surface area (Å²) in [4.78, 5) is 35.8. The molecule has 150 valence electrons. The van der Waals surface area contributed by atoms with Crippen LogP contribution in [0.3, 0.4) is 0 Å². The van der Waals surface area contributed by atoms with Crippen molar-refractivity contribution in [2.24, 2.45) is 15.9 Å². The van der Waals surface area contributed by atoms with Gasteiger partial charge in [-0.1, -0.05) is 48.1 Å². The van der Waals surface area contributed by atoms with E-state index in [9.17, 15) is 14.0 Å². The molecular formula is C24H20FN3O2. The van der Waals surface area contributed by atoms with Crippen LogP contribution in [0.2, 0.25) is 0 Å². The van der Waals surface area contributed by atoms with Crippen molar-refractivity contribution in [2.45, 2.75) is 13.5 Å². The Balaban J connectivity index is 1.63. The molecule has 1 aliphatic carbocycles. The van der Waals surface area contributed by atoms with Crippen LogP contribution in [-0.2, 0) is 11.3 Å². The molecule has 0 spiro atoms. The lowest BCUT2D eigenvalue weighted by atomic mass is 9.96. The zero-order valence-electron chi connectivity index (χ0n) is 16.5. The van der Waals surface area contributed by atoms with Gasteiger partial charge in [-0.3, -0.25) is 9.59 Å². The van der Waals surface area contributed by atoms with Gasteiger partial charge in [0.2, 0.25) is 0 Å². The minimum atomic E-state index is -0.461. The Bertz CT molecular complexity index is 1110. The summed E-state index contributed by atoms with van der Waals surface area (Å²) in [6, 6.07) is 13.3. The number of aliphatic imine (C=N–C) groups is 2. The molecule has 0 saturated heterocycles. The van der Waals surface area contributed by atoms with Gasteiger partial charge in [-0.2, -0.15) is 4.99 Å². The molecule has 2 aliphatic rings. The van der Waals surface area contributed by atoms with Gasteiger partial charge in [0.05, 0.1) is 12.3 Å². The number of carbonyl (C=O) groups excluding carboxylic acids is 2. The molecule has 1 aliphatic heterocycles. The number of fused-ring (bicyclic) bond motifs is 1. The van der Waals surface area contributed by atoms with Crippen molar-refractivity contribution in [3.8, 4) is 0 Å². The Morgan fingerprint density at radius 2 is 1.87 bits per heavy atom. The van der Waals surface area contributed by atoms with Crippen LogP contribution in [-0.4, -0.2) is 34.8 Å². The standard InChI is InChI=1S/C24H20FN3O2/c1-16-5-4-6-18(13-16)24(30)28(14-17-9-11-19(25)12-10-17)15-22-26-21-8-3-2-7-20(21)23(29)27-22/h2-13,20H,14-15H2,1H3. The first-order valence-corrected chi connectivity index (χ1v) is 9.65. The normalized spacial score (nSPS) is 17.3. The Hall–Kier alpha value is -3.67. The molecule has 2 amide bonds. The number of benzene rings is 2. The first-order chi connectivity index (χ1) is 14.5. The van der Waals surface area contributed by atoms with Crippen LogP contribution in [0.5, 0.6) is 0 Å². The number of amidine groups is 1. The number of nitrogens with zero attached hydrogens (tertiary/aromatic N) is 3. The largest absolute Gasteiger partial charge is 0.327 e. The summed E-state index contributed by atoms with van der Waals surface area (Å²) in [6.07, 6.45) is 7.16. The molecule has 5 nitrogen and oxygen atoms in total. The van der Waals surface area contributed by atoms with Crippen molar-refractivity contribution in [3.05, 3.63) is 95.3 Å². The highest BCUT2D eigenvalue weighted by atomic mass is 19.1. The number of halogens is 1. The quantitative estimate of drug-likeness (QED) is 0.763. The minimum absolute atomic E-state index is 0.0731. The van der Waals surface area contributed by atoms with E-state index in [1.165, 1.54) is 12.1 Å². The average Bonchev–Trinajstić information content (AvgIpc) is 2.74. The summed E-state index contributed by atoms with van der Waals surface area (Å²) in [6.45, 7) is 2.23. The highest BCUT2D eigenvalue weighted by molar-refractivity contribution is 6.21. The van der Waals surface area contributed by atoms with E-state index in [4.69, 9.17) is 0 Å². The molecule has 0 bridgehead atoms. The number of rotatable bonds is 5. The van der Waals surface area contributed by atoms with E-state index in [1.54, 1.807) is 41.3 Å².